The molecule has 0 radical (unpaired) electrons. The van der Waals surface area contributed by atoms with Crippen LogP contribution in [0.25, 0.3) is 0 Å². The van der Waals surface area contributed by atoms with Crippen molar-refractivity contribution in [2.75, 3.05) is 0 Å². The average molecular weight is 296 g/mol. The monoisotopic (exact) mass is 295 g/mol. The third-order valence-electron chi connectivity index (χ3n) is 2.56. The van der Waals surface area contributed by atoms with E-state index in [-0.39, 0.29) is 12.2 Å². The molecule has 0 aromatic heterocycles. The van der Waals surface area contributed by atoms with E-state index in [4.69, 9.17) is 16.4 Å². The predicted molar refractivity (Wildman–Crippen MR) is 75.2 cm³/mol. The molecule has 0 amide bonds. The van der Waals surface area contributed by atoms with Crippen LogP contribution in [0.15, 0.2) is 53.7 Å². The summed E-state index contributed by atoms with van der Waals surface area (Å²) in [6.07, 6.45) is -1.09. The summed E-state index contributed by atoms with van der Waals surface area (Å²) in [5.74, 6) is 0. The second kappa shape index (κ2) is 7.01. The van der Waals surface area contributed by atoms with Crippen LogP contribution in [-0.2, 0) is 11.4 Å². The largest absolute Gasteiger partial charge is 0.391 e. The second-order valence-electron chi connectivity index (χ2n) is 4.11. The van der Waals surface area contributed by atoms with Crippen molar-refractivity contribution in [1.29, 1.82) is 0 Å². The third-order valence-corrected chi connectivity index (χ3v) is 2.79. The van der Waals surface area contributed by atoms with E-state index >= 15 is 0 Å². The molecule has 0 saturated carbocycles. The molecule has 104 valence electrons. The van der Waals surface area contributed by atoms with Crippen LogP contribution in [0.2, 0.25) is 5.02 Å². The minimum atomic E-state index is -2.49. The number of benzene rings is 2. The number of halogens is 3. The normalized spacial score (nSPS) is 11.2. The van der Waals surface area contributed by atoms with Crippen molar-refractivity contribution in [2.45, 2.75) is 13.0 Å². The fraction of sp³-hybridized carbons (Fsp3) is 0.133. The van der Waals surface area contributed by atoms with Gasteiger partial charge in [0.25, 0.3) is 6.43 Å². The Kier molecular flexibility index (Phi) is 5.07. The van der Waals surface area contributed by atoms with Gasteiger partial charge in [0.05, 0.1) is 6.21 Å². The zero-order valence-corrected chi connectivity index (χ0v) is 11.2. The molecule has 0 saturated heterocycles. The number of nitrogens with zero attached hydrogens (tertiary/aromatic N) is 1. The Hall–Kier alpha value is -1.94. The van der Waals surface area contributed by atoms with Gasteiger partial charge in [-0.05, 0) is 29.3 Å². The summed E-state index contributed by atoms with van der Waals surface area (Å²) in [6.45, 7) is 0.269. The molecule has 2 nitrogen and oxygen atoms in total. The molecule has 0 fully saturated rings. The first-order chi connectivity index (χ1) is 9.65. The van der Waals surface area contributed by atoms with Crippen molar-refractivity contribution in [2.24, 2.45) is 5.16 Å². The Labute approximate surface area is 120 Å². The van der Waals surface area contributed by atoms with Crippen molar-refractivity contribution in [3.05, 3.63) is 70.2 Å². The number of alkyl halides is 2. The van der Waals surface area contributed by atoms with E-state index in [2.05, 4.69) is 5.16 Å². The van der Waals surface area contributed by atoms with Gasteiger partial charge in [-0.1, -0.05) is 47.1 Å². The van der Waals surface area contributed by atoms with Crippen LogP contribution in [0, 0.1) is 0 Å². The molecule has 2 rings (SSSR count). The molecular formula is C15H12ClF2NO. The van der Waals surface area contributed by atoms with E-state index in [0.29, 0.717) is 10.6 Å². The highest BCUT2D eigenvalue weighted by Crippen LogP contribution is 2.18. The Morgan fingerprint density at radius 3 is 2.70 bits per heavy atom. The summed E-state index contributed by atoms with van der Waals surface area (Å²) in [4.78, 5) is 5.10. The Morgan fingerprint density at radius 2 is 1.95 bits per heavy atom. The molecule has 0 spiro atoms. The van der Waals surface area contributed by atoms with Crippen molar-refractivity contribution >= 4 is 17.8 Å². The summed E-state index contributed by atoms with van der Waals surface area (Å²) in [5.41, 5.74) is 1.41. The van der Waals surface area contributed by atoms with Gasteiger partial charge in [0, 0.05) is 10.6 Å². The fourth-order valence-electron chi connectivity index (χ4n) is 1.61. The fourth-order valence-corrected chi connectivity index (χ4v) is 1.82. The summed E-state index contributed by atoms with van der Waals surface area (Å²) >= 11 is 5.84. The van der Waals surface area contributed by atoms with Gasteiger partial charge < -0.3 is 4.84 Å². The maximum absolute atomic E-state index is 12.5. The molecule has 0 N–H and O–H groups in total. The predicted octanol–water partition coefficient (Wildman–Crippen LogP) is 4.83. The first-order valence-electron chi connectivity index (χ1n) is 5.93. The highest BCUT2D eigenvalue weighted by atomic mass is 35.5. The Bertz CT molecular complexity index is 602. The smallest absolute Gasteiger partial charge is 0.263 e. The zero-order chi connectivity index (χ0) is 14.4. The maximum Gasteiger partial charge on any atom is 0.263 e. The molecule has 0 aliphatic rings. The van der Waals surface area contributed by atoms with E-state index in [1.54, 1.807) is 24.3 Å². The highest BCUT2D eigenvalue weighted by Gasteiger charge is 2.05. The average Bonchev–Trinajstić information content (AvgIpc) is 2.44. The molecule has 2 aromatic carbocycles. The zero-order valence-electron chi connectivity index (χ0n) is 10.5. The van der Waals surface area contributed by atoms with Gasteiger partial charge in [0.15, 0.2) is 0 Å². The number of oxime groups is 1. The molecule has 20 heavy (non-hydrogen) atoms. The summed E-state index contributed by atoms with van der Waals surface area (Å²) < 4.78 is 25.0. The SMILES string of the molecule is FC(F)c1cccc(C=NOCc2cccc(Cl)c2)c1. The van der Waals surface area contributed by atoms with E-state index in [1.807, 2.05) is 12.1 Å². The lowest BCUT2D eigenvalue weighted by molar-refractivity contribution is 0.132. The first-order valence-corrected chi connectivity index (χ1v) is 6.31. The molecule has 0 atom stereocenters. The molecule has 0 heterocycles. The molecule has 0 aliphatic heterocycles. The van der Waals surface area contributed by atoms with Gasteiger partial charge in [-0.3, -0.25) is 0 Å². The van der Waals surface area contributed by atoms with Crippen molar-refractivity contribution in [3.8, 4) is 0 Å². The summed E-state index contributed by atoms with van der Waals surface area (Å²) in [7, 11) is 0. The van der Waals surface area contributed by atoms with Gasteiger partial charge in [0.1, 0.15) is 6.61 Å². The topological polar surface area (TPSA) is 21.6 Å². The van der Waals surface area contributed by atoms with E-state index in [1.165, 1.54) is 18.3 Å². The minimum absolute atomic E-state index is 0.0382. The molecule has 0 aliphatic carbocycles. The van der Waals surface area contributed by atoms with Crippen LogP contribution in [-0.4, -0.2) is 6.21 Å². The van der Waals surface area contributed by atoms with Crippen LogP contribution in [0.4, 0.5) is 8.78 Å². The van der Waals surface area contributed by atoms with Crippen molar-refractivity contribution < 1.29 is 13.6 Å². The molecule has 0 bridgehead atoms. The third kappa shape index (κ3) is 4.31. The van der Waals surface area contributed by atoms with E-state index in [0.717, 1.165) is 5.56 Å². The van der Waals surface area contributed by atoms with E-state index in [9.17, 15) is 8.78 Å². The number of rotatable bonds is 5. The van der Waals surface area contributed by atoms with Crippen molar-refractivity contribution in [3.63, 3.8) is 0 Å². The van der Waals surface area contributed by atoms with Crippen molar-refractivity contribution in [1.82, 2.24) is 0 Å². The summed E-state index contributed by atoms with van der Waals surface area (Å²) in [5, 5.41) is 4.38. The number of hydrogen-bond donors (Lipinski definition) is 0. The van der Waals surface area contributed by atoms with Gasteiger partial charge in [-0.2, -0.15) is 0 Å². The van der Waals surface area contributed by atoms with Gasteiger partial charge in [-0.15, -0.1) is 0 Å². The quantitative estimate of drug-likeness (QED) is 0.572. The van der Waals surface area contributed by atoms with Crippen LogP contribution in [0.3, 0.4) is 0 Å². The lowest BCUT2D eigenvalue weighted by atomic mass is 10.1. The molecule has 0 unspecified atom stereocenters. The highest BCUT2D eigenvalue weighted by molar-refractivity contribution is 6.30. The first kappa shape index (κ1) is 14.5. The second-order valence-corrected chi connectivity index (χ2v) is 4.55. The van der Waals surface area contributed by atoms with Crippen LogP contribution in [0.5, 0.6) is 0 Å². The van der Waals surface area contributed by atoms with Gasteiger partial charge >= 0.3 is 0 Å². The Morgan fingerprint density at radius 1 is 1.15 bits per heavy atom. The molecule has 2 aromatic rings. The molecule has 5 heteroatoms. The van der Waals surface area contributed by atoms with E-state index < -0.39 is 6.43 Å². The standard InChI is InChI=1S/C15H12ClF2NO/c16-14-6-2-4-12(8-14)10-20-19-9-11-3-1-5-13(7-11)15(17)18/h1-9,15H,10H2. The van der Waals surface area contributed by atoms with Gasteiger partial charge in [-0.25, -0.2) is 8.78 Å². The van der Waals surface area contributed by atoms with Gasteiger partial charge in [0.2, 0.25) is 0 Å². The Balaban J connectivity index is 1.92. The maximum atomic E-state index is 12.5. The van der Waals surface area contributed by atoms with Crippen LogP contribution in [0.1, 0.15) is 23.1 Å². The minimum Gasteiger partial charge on any atom is -0.391 e. The van der Waals surface area contributed by atoms with Crippen LogP contribution < -0.4 is 0 Å². The lowest BCUT2D eigenvalue weighted by Crippen LogP contribution is -1.90. The number of hydrogen-bond acceptors (Lipinski definition) is 2. The summed E-state index contributed by atoms with van der Waals surface area (Å²) in [6, 6.07) is 13.2. The molecular weight excluding hydrogens is 284 g/mol. The van der Waals surface area contributed by atoms with Crippen LogP contribution >= 0.6 is 11.6 Å². The lowest BCUT2D eigenvalue weighted by Gasteiger charge is -2.01.